The Morgan fingerprint density at radius 3 is 2.62 bits per heavy atom. The molecule has 0 aliphatic heterocycles. The van der Waals surface area contributed by atoms with Gasteiger partial charge < -0.3 is 0 Å². The van der Waals surface area contributed by atoms with E-state index in [1.54, 1.807) is 28.7 Å². The predicted molar refractivity (Wildman–Crippen MR) is 51.6 cm³/mol. The van der Waals surface area contributed by atoms with Crippen molar-refractivity contribution in [3.8, 4) is 6.07 Å². The fourth-order valence-corrected chi connectivity index (χ4v) is 1.97. The number of hydrogen-bond donors (Lipinski definition) is 0. The minimum atomic E-state index is -2.67. The van der Waals surface area contributed by atoms with Crippen LogP contribution in [0.2, 0.25) is 5.02 Å². The van der Waals surface area contributed by atoms with E-state index in [4.69, 9.17) is 16.9 Å². The first-order valence-electron chi connectivity index (χ1n) is 3.10. The molecule has 0 N–H and O–H groups in total. The van der Waals surface area contributed by atoms with Crippen LogP contribution in [0.25, 0.3) is 0 Å². The van der Waals surface area contributed by atoms with Crippen molar-refractivity contribution in [1.82, 2.24) is 4.98 Å². The standard InChI is InChI=1S/C7H2ClF2IN2/c8-4-1-3(2-12)13-7(11)5(4)6(9)10/h1,6H. The maximum absolute atomic E-state index is 12.3. The van der Waals surface area contributed by atoms with Crippen LogP contribution in [0.4, 0.5) is 8.78 Å². The molecule has 0 atom stereocenters. The van der Waals surface area contributed by atoms with Crippen LogP contribution in [0.1, 0.15) is 17.7 Å². The van der Waals surface area contributed by atoms with Gasteiger partial charge >= 0.3 is 0 Å². The van der Waals surface area contributed by atoms with Crippen LogP contribution in [0.15, 0.2) is 6.07 Å². The maximum atomic E-state index is 12.3. The number of alkyl halides is 2. The number of hydrogen-bond acceptors (Lipinski definition) is 2. The van der Waals surface area contributed by atoms with Crippen molar-refractivity contribution >= 4 is 34.2 Å². The number of nitriles is 1. The molecule has 68 valence electrons. The van der Waals surface area contributed by atoms with E-state index in [2.05, 4.69) is 4.98 Å². The lowest BCUT2D eigenvalue weighted by Gasteiger charge is -2.04. The average Bonchev–Trinajstić information content (AvgIpc) is 2.02. The summed E-state index contributed by atoms with van der Waals surface area (Å²) in [7, 11) is 0. The fourth-order valence-electron chi connectivity index (χ4n) is 0.746. The van der Waals surface area contributed by atoms with Gasteiger partial charge in [-0.2, -0.15) is 5.26 Å². The Bertz CT molecular complexity index is 352. The van der Waals surface area contributed by atoms with Crippen LogP contribution in [0.3, 0.4) is 0 Å². The summed E-state index contributed by atoms with van der Waals surface area (Å²) in [4.78, 5) is 3.63. The predicted octanol–water partition coefficient (Wildman–Crippen LogP) is 3.15. The van der Waals surface area contributed by atoms with E-state index in [9.17, 15) is 8.78 Å². The van der Waals surface area contributed by atoms with Crippen molar-refractivity contribution in [1.29, 1.82) is 5.26 Å². The molecule has 0 unspecified atom stereocenters. The summed E-state index contributed by atoms with van der Waals surface area (Å²) in [6, 6.07) is 2.86. The summed E-state index contributed by atoms with van der Waals surface area (Å²) in [5.74, 6) is 0. The zero-order valence-corrected chi connectivity index (χ0v) is 8.97. The quantitative estimate of drug-likeness (QED) is 0.590. The first-order valence-corrected chi connectivity index (χ1v) is 4.56. The van der Waals surface area contributed by atoms with Gasteiger partial charge in [-0.3, -0.25) is 0 Å². The highest BCUT2D eigenvalue weighted by Crippen LogP contribution is 2.30. The van der Waals surface area contributed by atoms with Gasteiger partial charge in [0.25, 0.3) is 6.43 Å². The van der Waals surface area contributed by atoms with Gasteiger partial charge in [0.15, 0.2) is 0 Å². The van der Waals surface area contributed by atoms with E-state index in [1.165, 1.54) is 0 Å². The van der Waals surface area contributed by atoms with Gasteiger partial charge in [0.2, 0.25) is 0 Å². The fraction of sp³-hybridized carbons (Fsp3) is 0.143. The zero-order chi connectivity index (χ0) is 10.0. The molecule has 1 aromatic rings. The Hall–Kier alpha value is -0.480. The van der Waals surface area contributed by atoms with E-state index >= 15 is 0 Å². The summed E-state index contributed by atoms with van der Waals surface area (Å²) < 4.78 is 24.7. The van der Waals surface area contributed by atoms with Crippen molar-refractivity contribution < 1.29 is 8.78 Å². The van der Waals surface area contributed by atoms with Gasteiger partial charge in [-0.05, 0) is 28.7 Å². The molecule has 1 rings (SSSR count). The van der Waals surface area contributed by atoms with Crippen LogP contribution >= 0.6 is 34.2 Å². The number of nitrogens with zero attached hydrogens (tertiary/aromatic N) is 2. The maximum Gasteiger partial charge on any atom is 0.267 e. The second kappa shape index (κ2) is 4.15. The Balaban J connectivity index is 3.33. The van der Waals surface area contributed by atoms with Crippen LogP contribution in [0.5, 0.6) is 0 Å². The van der Waals surface area contributed by atoms with Crippen LogP contribution < -0.4 is 0 Å². The van der Waals surface area contributed by atoms with Gasteiger partial charge in [-0.1, -0.05) is 11.6 Å². The lowest BCUT2D eigenvalue weighted by Crippen LogP contribution is -1.97. The van der Waals surface area contributed by atoms with Crippen molar-refractivity contribution in [2.24, 2.45) is 0 Å². The number of pyridine rings is 1. The molecule has 0 saturated carbocycles. The average molecular weight is 314 g/mol. The van der Waals surface area contributed by atoms with Crippen molar-refractivity contribution in [3.63, 3.8) is 0 Å². The second-order valence-corrected chi connectivity index (χ2v) is 3.54. The minimum absolute atomic E-state index is 0.0406. The highest BCUT2D eigenvalue weighted by molar-refractivity contribution is 14.1. The number of aromatic nitrogens is 1. The normalized spacial score (nSPS) is 10.2. The molecular weight excluding hydrogens is 312 g/mol. The Morgan fingerprint density at radius 1 is 1.62 bits per heavy atom. The van der Waals surface area contributed by atoms with Gasteiger partial charge in [-0.15, -0.1) is 0 Å². The van der Waals surface area contributed by atoms with Crippen molar-refractivity contribution in [2.75, 3.05) is 0 Å². The van der Waals surface area contributed by atoms with Crippen molar-refractivity contribution in [3.05, 3.63) is 26.0 Å². The number of halogens is 4. The van der Waals surface area contributed by atoms with Gasteiger partial charge in [0, 0.05) is 0 Å². The minimum Gasteiger partial charge on any atom is -0.231 e. The molecule has 1 aromatic heterocycles. The monoisotopic (exact) mass is 314 g/mol. The molecule has 0 aliphatic carbocycles. The van der Waals surface area contributed by atoms with Crippen molar-refractivity contribution in [2.45, 2.75) is 6.43 Å². The topological polar surface area (TPSA) is 36.7 Å². The molecule has 2 nitrogen and oxygen atoms in total. The van der Waals surface area contributed by atoms with E-state index < -0.39 is 6.43 Å². The van der Waals surface area contributed by atoms with Gasteiger partial charge in [-0.25, -0.2) is 13.8 Å². The van der Waals surface area contributed by atoms with E-state index in [1.807, 2.05) is 0 Å². The Labute approximate surface area is 91.7 Å². The molecule has 0 aromatic carbocycles. The van der Waals surface area contributed by atoms with Crippen LogP contribution in [-0.2, 0) is 0 Å². The largest absolute Gasteiger partial charge is 0.267 e. The number of rotatable bonds is 1. The smallest absolute Gasteiger partial charge is 0.231 e. The molecular formula is C7H2ClF2IN2. The summed E-state index contributed by atoms with van der Waals surface area (Å²) in [5, 5.41) is 8.33. The highest BCUT2D eigenvalue weighted by atomic mass is 127. The second-order valence-electron chi connectivity index (χ2n) is 2.11. The molecule has 0 fully saturated rings. The first-order chi connectivity index (χ1) is 6.06. The molecule has 13 heavy (non-hydrogen) atoms. The van der Waals surface area contributed by atoms with Crippen LogP contribution in [-0.4, -0.2) is 4.98 Å². The van der Waals surface area contributed by atoms with Crippen LogP contribution in [0, 0.1) is 15.0 Å². The summed E-state index contributed by atoms with van der Waals surface area (Å²) in [6.07, 6.45) is -2.67. The lowest BCUT2D eigenvalue weighted by atomic mass is 10.2. The lowest BCUT2D eigenvalue weighted by molar-refractivity contribution is 0.150. The summed E-state index contributed by atoms with van der Waals surface area (Å²) >= 11 is 7.16. The van der Waals surface area contributed by atoms with E-state index in [0.717, 1.165) is 6.07 Å². The molecule has 0 radical (unpaired) electrons. The Kier molecular flexibility index (Phi) is 3.39. The molecule has 0 bridgehead atoms. The first kappa shape index (κ1) is 10.6. The molecule has 0 amide bonds. The van der Waals surface area contributed by atoms with Gasteiger partial charge in [0.1, 0.15) is 15.5 Å². The summed E-state index contributed by atoms with van der Waals surface area (Å²) in [5.41, 5.74) is -0.278. The SMILES string of the molecule is N#Cc1cc(Cl)c(C(F)F)c(I)n1. The van der Waals surface area contributed by atoms with E-state index in [-0.39, 0.29) is 20.0 Å². The highest BCUT2D eigenvalue weighted by Gasteiger charge is 2.17. The zero-order valence-electron chi connectivity index (χ0n) is 6.06. The van der Waals surface area contributed by atoms with Gasteiger partial charge in [0.05, 0.1) is 10.6 Å². The third-order valence-corrected chi connectivity index (χ3v) is 2.43. The third-order valence-electron chi connectivity index (χ3n) is 1.29. The molecule has 1 heterocycles. The summed E-state index contributed by atoms with van der Waals surface area (Å²) in [6.45, 7) is 0. The molecule has 0 aliphatic rings. The third kappa shape index (κ3) is 2.25. The molecule has 6 heteroatoms. The van der Waals surface area contributed by atoms with E-state index in [0.29, 0.717) is 0 Å². The Morgan fingerprint density at radius 2 is 2.23 bits per heavy atom. The molecule has 0 saturated heterocycles. The molecule has 0 spiro atoms.